The number of hydrogen-bond acceptors (Lipinski definition) is 4. The predicted octanol–water partition coefficient (Wildman–Crippen LogP) is -0.275. The van der Waals surface area contributed by atoms with Gasteiger partial charge in [-0.25, -0.2) is 0 Å². The molecule has 0 aliphatic rings. The third-order valence-corrected chi connectivity index (χ3v) is 2.32. The van der Waals surface area contributed by atoms with Gasteiger partial charge in [-0.05, 0) is 25.9 Å². The van der Waals surface area contributed by atoms with Crippen molar-refractivity contribution in [2.75, 3.05) is 39.3 Å². The Morgan fingerprint density at radius 3 is 1.64 bits per heavy atom. The molecule has 0 unspecified atom stereocenters. The van der Waals surface area contributed by atoms with E-state index in [0.29, 0.717) is 0 Å². The lowest BCUT2D eigenvalue weighted by Gasteiger charge is -2.20. The maximum atomic E-state index is 5.51. The summed E-state index contributed by atoms with van der Waals surface area (Å²) in [7, 11) is 0. The molecular weight excluding hydrogens is 176 g/mol. The van der Waals surface area contributed by atoms with Crippen LogP contribution in [0.5, 0.6) is 0 Å². The molecule has 4 heteroatoms. The lowest BCUT2D eigenvalue weighted by Crippen LogP contribution is -2.34. The van der Waals surface area contributed by atoms with Crippen LogP contribution in [0.3, 0.4) is 0 Å². The van der Waals surface area contributed by atoms with E-state index in [1.807, 2.05) is 0 Å². The highest BCUT2D eigenvalue weighted by molar-refractivity contribution is 4.59. The molecule has 0 aromatic carbocycles. The molecule has 4 nitrogen and oxygen atoms in total. The maximum absolute atomic E-state index is 5.51. The Kier molecular flexibility index (Phi) is 10.8. The largest absolute Gasteiger partial charge is 0.330 e. The van der Waals surface area contributed by atoms with Crippen molar-refractivity contribution in [3.63, 3.8) is 0 Å². The van der Waals surface area contributed by atoms with Crippen molar-refractivity contribution in [1.82, 2.24) is 4.90 Å². The topological polar surface area (TPSA) is 81.3 Å². The van der Waals surface area contributed by atoms with Gasteiger partial charge in [0.2, 0.25) is 0 Å². The highest BCUT2D eigenvalue weighted by Gasteiger charge is 2.01. The van der Waals surface area contributed by atoms with Crippen molar-refractivity contribution in [3.8, 4) is 0 Å². The first-order chi connectivity index (χ1) is 6.85. The van der Waals surface area contributed by atoms with Crippen LogP contribution in [-0.2, 0) is 0 Å². The molecule has 86 valence electrons. The van der Waals surface area contributed by atoms with E-state index in [9.17, 15) is 0 Å². The zero-order chi connectivity index (χ0) is 10.6. The third-order valence-electron chi connectivity index (χ3n) is 2.32. The van der Waals surface area contributed by atoms with E-state index < -0.39 is 0 Å². The van der Waals surface area contributed by atoms with Crippen molar-refractivity contribution in [3.05, 3.63) is 0 Å². The van der Waals surface area contributed by atoms with Crippen LogP contribution in [0.15, 0.2) is 0 Å². The molecule has 0 saturated heterocycles. The second-order valence-corrected chi connectivity index (χ2v) is 3.62. The first-order valence-corrected chi connectivity index (χ1v) is 5.67. The van der Waals surface area contributed by atoms with E-state index in [-0.39, 0.29) is 0 Å². The summed E-state index contributed by atoms with van der Waals surface area (Å²) in [6.07, 6.45) is 4.90. The SMILES string of the molecule is NCCCCCCN(CCN)CCN. The molecule has 14 heavy (non-hydrogen) atoms. The second-order valence-electron chi connectivity index (χ2n) is 3.62. The van der Waals surface area contributed by atoms with Gasteiger partial charge in [-0.1, -0.05) is 12.8 Å². The molecule has 0 fully saturated rings. The van der Waals surface area contributed by atoms with E-state index in [0.717, 1.165) is 45.7 Å². The summed E-state index contributed by atoms with van der Waals surface area (Å²) < 4.78 is 0. The van der Waals surface area contributed by atoms with Gasteiger partial charge in [0, 0.05) is 26.2 Å². The Labute approximate surface area is 87.8 Å². The number of unbranched alkanes of at least 4 members (excludes halogenated alkanes) is 3. The fraction of sp³-hybridized carbons (Fsp3) is 1.00. The Balaban J connectivity index is 3.30. The van der Waals surface area contributed by atoms with Crippen LogP contribution in [0.2, 0.25) is 0 Å². The summed E-state index contributed by atoms with van der Waals surface area (Å²) >= 11 is 0. The normalized spacial score (nSPS) is 11.1. The quantitative estimate of drug-likeness (QED) is 0.426. The summed E-state index contributed by atoms with van der Waals surface area (Å²) in [4.78, 5) is 2.34. The van der Waals surface area contributed by atoms with Crippen LogP contribution in [0.25, 0.3) is 0 Å². The van der Waals surface area contributed by atoms with Crippen LogP contribution in [0.1, 0.15) is 25.7 Å². The molecule has 0 aliphatic heterocycles. The highest BCUT2D eigenvalue weighted by Crippen LogP contribution is 2.00. The molecule has 0 saturated carbocycles. The molecule has 0 aromatic heterocycles. The van der Waals surface area contributed by atoms with E-state index >= 15 is 0 Å². The fourth-order valence-corrected chi connectivity index (χ4v) is 1.53. The summed E-state index contributed by atoms with van der Waals surface area (Å²) in [6, 6.07) is 0. The van der Waals surface area contributed by atoms with Crippen molar-refractivity contribution >= 4 is 0 Å². The van der Waals surface area contributed by atoms with Crippen LogP contribution in [-0.4, -0.2) is 44.2 Å². The predicted molar refractivity (Wildman–Crippen MR) is 62.1 cm³/mol. The van der Waals surface area contributed by atoms with Crippen LogP contribution in [0, 0.1) is 0 Å². The van der Waals surface area contributed by atoms with Crippen molar-refractivity contribution < 1.29 is 0 Å². The molecule has 0 spiro atoms. The average Bonchev–Trinajstić information content (AvgIpc) is 2.18. The summed E-state index contributed by atoms with van der Waals surface area (Å²) in [5.74, 6) is 0. The summed E-state index contributed by atoms with van der Waals surface area (Å²) in [5, 5.41) is 0. The van der Waals surface area contributed by atoms with Gasteiger partial charge in [0.1, 0.15) is 0 Å². The van der Waals surface area contributed by atoms with Crippen molar-refractivity contribution in [1.29, 1.82) is 0 Å². The highest BCUT2D eigenvalue weighted by atomic mass is 15.1. The molecule has 0 amide bonds. The Hall–Kier alpha value is -0.160. The molecule has 0 rings (SSSR count). The summed E-state index contributed by atoms with van der Waals surface area (Å²) in [6.45, 7) is 5.32. The zero-order valence-corrected chi connectivity index (χ0v) is 9.25. The molecule has 0 aromatic rings. The molecular formula is C10H26N4. The fourth-order valence-electron chi connectivity index (χ4n) is 1.53. The van der Waals surface area contributed by atoms with Gasteiger partial charge in [0.25, 0.3) is 0 Å². The summed E-state index contributed by atoms with van der Waals surface area (Å²) in [5.41, 5.74) is 16.4. The maximum Gasteiger partial charge on any atom is 0.0105 e. The lowest BCUT2D eigenvalue weighted by molar-refractivity contribution is 0.281. The minimum absolute atomic E-state index is 0.725. The molecule has 0 atom stereocenters. The minimum atomic E-state index is 0.725. The van der Waals surface area contributed by atoms with E-state index in [4.69, 9.17) is 17.2 Å². The standard InChI is InChI=1S/C10H26N4/c11-5-3-1-2-4-8-14(9-6-12)10-7-13/h1-13H2. The number of nitrogens with zero attached hydrogens (tertiary/aromatic N) is 1. The molecule has 0 aliphatic carbocycles. The van der Waals surface area contributed by atoms with Gasteiger partial charge >= 0.3 is 0 Å². The van der Waals surface area contributed by atoms with Gasteiger partial charge in [-0.3, -0.25) is 0 Å². The Morgan fingerprint density at radius 2 is 1.14 bits per heavy atom. The Morgan fingerprint density at radius 1 is 0.571 bits per heavy atom. The number of nitrogens with two attached hydrogens (primary N) is 3. The first-order valence-electron chi connectivity index (χ1n) is 5.67. The van der Waals surface area contributed by atoms with Gasteiger partial charge in [0.05, 0.1) is 0 Å². The average molecular weight is 202 g/mol. The van der Waals surface area contributed by atoms with Crippen molar-refractivity contribution in [2.45, 2.75) is 25.7 Å². The molecule has 0 radical (unpaired) electrons. The molecule has 0 bridgehead atoms. The molecule has 6 N–H and O–H groups in total. The first kappa shape index (κ1) is 13.8. The van der Waals surface area contributed by atoms with Gasteiger partial charge in [-0.15, -0.1) is 0 Å². The Bertz CT molecular complexity index is 102. The minimum Gasteiger partial charge on any atom is -0.330 e. The monoisotopic (exact) mass is 202 g/mol. The molecule has 0 heterocycles. The third kappa shape index (κ3) is 8.44. The van der Waals surface area contributed by atoms with E-state index in [1.165, 1.54) is 19.3 Å². The zero-order valence-electron chi connectivity index (χ0n) is 9.25. The van der Waals surface area contributed by atoms with Gasteiger partial charge in [0.15, 0.2) is 0 Å². The number of rotatable bonds is 10. The second kappa shape index (κ2) is 10.9. The van der Waals surface area contributed by atoms with Gasteiger partial charge < -0.3 is 22.1 Å². The van der Waals surface area contributed by atoms with E-state index in [1.54, 1.807) is 0 Å². The van der Waals surface area contributed by atoms with Crippen LogP contribution >= 0.6 is 0 Å². The van der Waals surface area contributed by atoms with E-state index in [2.05, 4.69) is 4.90 Å². The van der Waals surface area contributed by atoms with Crippen molar-refractivity contribution in [2.24, 2.45) is 17.2 Å². The smallest absolute Gasteiger partial charge is 0.0105 e. The van der Waals surface area contributed by atoms with Gasteiger partial charge in [-0.2, -0.15) is 0 Å². The number of hydrogen-bond donors (Lipinski definition) is 3. The van der Waals surface area contributed by atoms with Crippen LogP contribution < -0.4 is 17.2 Å². The lowest BCUT2D eigenvalue weighted by atomic mass is 10.2. The van der Waals surface area contributed by atoms with Crippen LogP contribution in [0.4, 0.5) is 0 Å².